The Morgan fingerprint density at radius 3 is 2.50 bits per heavy atom. The minimum atomic E-state index is -3.47. The van der Waals surface area contributed by atoms with Crippen molar-refractivity contribution in [3.63, 3.8) is 0 Å². The van der Waals surface area contributed by atoms with Crippen LogP contribution in [-0.4, -0.2) is 27.0 Å². The molecule has 0 radical (unpaired) electrons. The minimum absolute atomic E-state index is 0.146. The standard InChI is InChI=1S/C15H18ClN3O2S/c1-3-19(11-12-6-4-5-7-14(12)16)15-9-8-13(10-18-15)22(20,21)17-2/h4-10,17H,3,11H2,1-2H3. The largest absolute Gasteiger partial charge is 0.353 e. The van der Waals surface area contributed by atoms with Gasteiger partial charge in [-0.25, -0.2) is 18.1 Å². The Morgan fingerprint density at radius 2 is 1.95 bits per heavy atom. The molecular weight excluding hydrogens is 322 g/mol. The topological polar surface area (TPSA) is 62.3 Å². The summed E-state index contributed by atoms with van der Waals surface area (Å²) in [5.41, 5.74) is 1.000. The first-order valence-corrected chi connectivity index (χ1v) is 8.72. The molecule has 0 amide bonds. The smallest absolute Gasteiger partial charge is 0.241 e. The maximum atomic E-state index is 11.7. The number of rotatable bonds is 6. The van der Waals surface area contributed by atoms with Gasteiger partial charge in [-0.1, -0.05) is 29.8 Å². The van der Waals surface area contributed by atoms with Crippen LogP contribution in [0.3, 0.4) is 0 Å². The third-order valence-electron chi connectivity index (χ3n) is 3.32. The molecule has 0 bridgehead atoms. The average molecular weight is 340 g/mol. The van der Waals surface area contributed by atoms with Crippen molar-refractivity contribution >= 4 is 27.4 Å². The van der Waals surface area contributed by atoms with E-state index in [9.17, 15) is 8.42 Å². The lowest BCUT2D eigenvalue weighted by Crippen LogP contribution is -2.24. The predicted octanol–water partition coefficient (Wildman–Crippen LogP) is 2.67. The molecule has 22 heavy (non-hydrogen) atoms. The van der Waals surface area contributed by atoms with Crippen molar-refractivity contribution in [1.29, 1.82) is 0 Å². The lowest BCUT2D eigenvalue weighted by atomic mass is 10.2. The molecule has 5 nitrogen and oxygen atoms in total. The molecule has 0 spiro atoms. The Morgan fingerprint density at radius 1 is 1.23 bits per heavy atom. The molecule has 0 saturated heterocycles. The molecule has 0 fully saturated rings. The van der Waals surface area contributed by atoms with Gasteiger partial charge in [-0.15, -0.1) is 0 Å². The summed E-state index contributed by atoms with van der Waals surface area (Å²) in [4.78, 5) is 6.42. The van der Waals surface area contributed by atoms with Gasteiger partial charge in [-0.05, 0) is 37.7 Å². The predicted molar refractivity (Wildman–Crippen MR) is 88.7 cm³/mol. The Kier molecular flexibility index (Phi) is 5.39. The number of sulfonamides is 1. The molecule has 118 valence electrons. The Hall–Kier alpha value is -1.63. The van der Waals surface area contributed by atoms with Crippen LogP contribution in [0.5, 0.6) is 0 Å². The minimum Gasteiger partial charge on any atom is -0.353 e. The lowest BCUT2D eigenvalue weighted by Gasteiger charge is -2.22. The molecule has 0 aliphatic heterocycles. The fourth-order valence-electron chi connectivity index (χ4n) is 2.02. The van der Waals surface area contributed by atoms with Gasteiger partial charge in [0.1, 0.15) is 10.7 Å². The third-order valence-corrected chi connectivity index (χ3v) is 5.09. The quantitative estimate of drug-likeness (QED) is 0.879. The van der Waals surface area contributed by atoms with E-state index in [1.807, 2.05) is 36.1 Å². The summed E-state index contributed by atoms with van der Waals surface area (Å²) in [6, 6.07) is 10.9. The molecule has 1 N–H and O–H groups in total. The SMILES string of the molecule is CCN(Cc1ccccc1Cl)c1ccc(S(=O)(=O)NC)cn1. The Balaban J connectivity index is 2.23. The summed E-state index contributed by atoms with van der Waals surface area (Å²) in [5.74, 6) is 0.706. The van der Waals surface area contributed by atoms with E-state index in [4.69, 9.17) is 11.6 Å². The molecule has 2 aromatic rings. The van der Waals surface area contributed by atoms with Crippen molar-refractivity contribution in [2.24, 2.45) is 0 Å². The van der Waals surface area contributed by atoms with E-state index < -0.39 is 10.0 Å². The number of hydrogen-bond acceptors (Lipinski definition) is 4. The molecular formula is C15H18ClN3O2S. The van der Waals surface area contributed by atoms with Gasteiger partial charge in [0.2, 0.25) is 10.0 Å². The number of hydrogen-bond donors (Lipinski definition) is 1. The van der Waals surface area contributed by atoms with Crippen molar-refractivity contribution in [3.05, 3.63) is 53.2 Å². The first kappa shape index (κ1) is 16.7. The zero-order chi connectivity index (χ0) is 16.2. The summed E-state index contributed by atoms with van der Waals surface area (Å²) in [6.07, 6.45) is 1.36. The first-order chi connectivity index (χ1) is 10.5. The second kappa shape index (κ2) is 7.09. The van der Waals surface area contributed by atoms with Crippen LogP contribution >= 0.6 is 11.6 Å². The van der Waals surface area contributed by atoms with Gasteiger partial charge < -0.3 is 4.90 Å². The molecule has 1 heterocycles. The van der Waals surface area contributed by atoms with Gasteiger partial charge in [-0.3, -0.25) is 0 Å². The number of nitrogens with one attached hydrogen (secondary N) is 1. The highest BCUT2D eigenvalue weighted by Crippen LogP contribution is 2.21. The van der Waals surface area contributed by atoms with Crippen LogP contribution < -0.4 is 9.62 Å². The van der Waals surface area contributed by atoms with Gasteiger partial charge in [0.25, 0.3) is 0 Å². The van der Waals surface area contributed by atoms with Gasteiger partial charge in [0, 0.05) is 24.3 Å². The molecule has 7 heteroatoms. The summed E-state index contributed by atoms with van der Waals surface area (Å²) in [7, 11) is -2.09. The van der Waals surface area contributed by atoms with Crippen LogP contribution in [0.25, 0.3) is 0 Å². The highest BCUT2D eigenvalue weighted by atomic mass is 35.5. The van der Waals surface area contributed by atoms with Crippen molar-refractivity contribution in [2.75, 3.05) is 18.5 Å². The highest BCUT2D eigenvalue weighted by Gasteiger charge is 2.14. The Labute approximate surface area is 136 Å². The molecule has 0 unspecified atom stereocenters. The van der Waals surface area contributed by atoms with Crippen molar-refractivity contribution in [2.45, 2.75) is 18.4 Å². The highest BCUT2D eigenvalue weighted by molar-refractivity contribution is 7.89. The monoisotopic (exact) mass is 339 g/mol. The summed E-state index contributed by atoms with van der Waals surface area (Å²) in [6.45, 7) is 3.36. The van der Waals surface area contributed by atoms with Crippen LogP contribution in [0.4, 0.5) is 5.82 Å². The number of aromatic nitrogens is 1. The summed E-state index contributed by atoms with van der Waals surface area (Å²) in [5, 5.41) is 0.704. The molecule has 0 aliphatic rings. The van der Waals surface area contributed by atoms with Gasteiger partial charge in [0.05, 0.1) is 0 Å². The zero-order valence-electron chi connectivity index (χ0n) is 12.5. The maximum absolute atomic E-state index is 11.7. The fourth-order valence-corrected chi connectivity index (χ4v) is 2.89. The van der Waals surface area contributed by atoms with Crippen LogP contribution in [0.1, 0.15) is 12.5 Å². The molecule has 0 atom stereocenters. The number of anilines is 1. The number of nitrogens with zero attached hydrogens (tertiary/aromatic N) is 2. The van der Waals surface area contributed by atoms with Crippen LogP contribution in [0.15, 0.2) is 47.5 Å². The number of halogens is 1. The molecule has 0 saturated carbocycles. The summed E-state index contributed by atoms with van der Waals surface area (Å²) >= 11 is 6.18. The van der Waals surface area contributed by atoms with Gasteiger partial charge in [-0.2, -0.15) is 0 Å². The van der Waals surface area contributed by atoms with E-state index in [0.717, 1.165) is 12.1 Å². The van der Waals surface area contributed by atoms with Crippen molar-refractivity contribution in [1.82, 2.24) is 9.71 Å². The second-order valence-corrected chi connectivity index (χ2v) is 6.96. The number of benzene rings is 1. The molecule has 1 aromatic heterocycles. The van der Waals surface area contributed by atoms with Gasteiger partial charge >= 0.3 is 0 Å². The lowest BCUT2D eigenvalue weighted by molar-refractivity contribution is 0.588. The molecule has 1 aromatic carbocycles. The number of pyridine rings is 1. The van der Waals surface area contributed by atoms with Crippen molar-refractivity contribution < 1.29 is 8.42 Å². The van der Waals surface area contributed by atoms with Crippen LogP contribution in [0.2, 0.25) is 5.02 Å². The normalized spacial score (nSPS) is 11.4. The second-order valence-electron chi connectivity index (χ2n) is 4.67. The average Bonchev–Trinajstić information content (AvgIpc) is 2.54. The van der Waals surface area contributed by atoms with E-state index in [2.05, 4.69) is 9.71 Å². The van der Waals surface area contributed by atoms with Crippen molar-refractivity contribution in [3.8, 4) is 0 Å². The Bertz CT molecular complexity index is 733. The van der Waals surface area contributed by atoms with E-state index in [1.165, 1.54) is 13.2 Å². The summed E-state index contributed by atoms with van der Waals surface area (Å²) < 4.78 is 25.7. The molecule has 2 rings (SSSR count). The van der Waals surface area contributed by atoms with E-state index in [1.54, 1.807) is 12.1 Å². The fraction of sp³-hybridized carbons (Fsp3) is 0.267. The van der Waals surface area contributed by atoms with E-state index in [0.29, 0.717) is 17.4 Å². The molecule has 0 aliphatic carbocycles. The first-order valence-electron chi connectivity index (χ1n) is 6.86. The van der Waals surface area contributed by atoms with E-state index >= 15 is 0 Å². The van der Waals surface area contributed by atoms with Crippen LogP contribution in [0, 0.1) is 0 Å². The van der Waals surface area contributed by atoms with E-state index in [-0.39, 0.29) is 4.90 Å². The third kappa shape index (κ3) is 3.76. The zero-order valence-corrected chi connectivity index (χ0v) is 14.0. The van der Waals surface area contributed by atoms with Gasteiger partial charge in [0.15, 0.2) is 0 Å². The maximum Gasteiger partial charge on any atom is 0.241 e. The van der Waals surface area contributed by atoms with Crippen LogP contribution in [-0.2, 0) is 16.6 Å².